The molecule has 0 saturated carbocycles. The molecule has 1 aromatic rings. The van der Waals surface area contributed by atoms with Crippen LogP contribution in [0.4, 0.5) is 4.79 Å². The maximum Gasteiger partial charge on any atom is 0.321 e. The normalized spacial score (nSPS) is 12.3. The van der Waals surface area contributed by atoms with Gasteiger partial charge >= 0.3 is 6.03 Å². The number of likely N-dealkylation sites (N-methyl/N-ethyl adjacent to an activating group) is 1. The first-order valence-corrected chi connectivity index (χ1v) is 8.19. The lowest BCUT2D eigenvalue weighted by Crippen LogP contribution is -2.46. The minimum absolute atomic E-state index is 0.0556. The second kappa shape index (κ2) is 9.30. The minimum atomic E-state index is -0.431. The van der Waals surface area contributed by atoms with Crippen molar-refractivity contribution in [1.29, 1.82) is 0 Å². The Morgan fingerprint density at radius 2 is 1.74 bits per heavy atom. The van der Waals surface area contributed by atoms with Crippen molar-refractivity contribution in [1.82, 2.24) is 15.5 Å². The van der Waals surface area contributed by atoms with Crippen molar-refractivity contribution in [3.05, 3.63) is 35.4 Å². The Labute approximate surface area is 139 Å². The van der Waals surface area contributed by atoms with Crippen LogP contribution in [0.1, 0.15) is 51.2 Å². The molecular formula is C18H29N3O2. The summed E-state index contributed by atoms with van der Waals surface area (Å²) in [6, 6.07) is 8.03. The van der Waals surface area contributed by atoms with E-state index in [1.807, 2.05) is 25.8 Å². The average Bonchev–Trinajstić information content (AvgIpc) is 2.46. The van der Waals surface area contributed by atoms with Crippen molar-refractivity contribution in [2.24, 2.45) is 0 Å². The van der Waals surface area contributed by atoms with Crippen molar-refractivity contribution in [2.45, 2.75) is 52.6 Å². The number of nitrogens with one attached hydrogen (secondary N) is 2. The maximum atomic E-state index is 11.9. The highest BCUT2D eigenvalue weighted by Gasteiger charge is 2.12. The second-order valence-corrected chi connectivity index (χ2v) is 6.40. The van der Waals surface area contributed by atoms with Crippen LogP contribution < -0.4 is 10.6 Å². The molecule has 0 aromatic heterocycles. The van der Waals surface area contributed by atoms with E-state index >= 15 is 0 Å². The molecule has 0 aliphatic rings. The van der Waals surface area contributed by atoms with Gasteiger partial charge in [0, 0.05) is 12.6 Å². The average molecular weight is 319 g/mol. The highest BCUT2D eigenvalue weighted by atomic mass is 16.2. The SMILES string of the molecule is CC[C@H](C)NC(=O)NC(=O)CN(C)Cc1ccc(C(C)C)cc1. The summed E-state index contributed by atoms with van der Waals surface area (Å²) in [6.07, 6.45) is 0.827. The predicted molar refractivity (Wildman–Crippen MR) is 93.3 cm³/mol. The number of hydrogen-bond acceptors (Lipinski definition) is 3. The van der Waals surface area contributed by atoms with E-state index in [1.54, 1.807) is 0 Å². The molecule has 1 rings (SSSR count). The number of amides is 3. The number of imide groups is 1. The third-order valence-electron chi connectivity index (χ3n) is 3.76. The molecule has 0 aliphatic carbocycles. The van der Waals surface area contributed by atoms with Gasteiger partial charge in [-0.15, -0.1) is 0 Å². The second-order valence-electron chi connectivity index (χ2n) is 6.40. The summed E-state index contributed by atoms with van der Waals surface area (Å²) in [7, 11) is 1.86. The van der Waals surface area contributed by atoms with E-state index < -0.39 is 6.03 Å². The van der Waals surface area contributed by atoms with Gasteiger partial charge in [0.15, 0.2) is 0 Å². The van der Waals surface area contributed by atoms with Crippen LogP contribution in [0.5, 0.6) is 0 Å². The molecule has 0 heterocycles. The summed E-state index contributed by atoms with van der Waals surface area (Å²) >= 11 is 0. The number of nitrogens with zero attached hydrogens (tertiary/aromatic N) is 1. The number of hydrogen-bond donors (Lipinski definition) is 2. The lowest BCUT2D eigenvalue weighted by molar-refractivity contribution is -0.120. The first-order valence-electron chi connectivity index (χ1n) is 8.19. The fraction of sp³-hybridized carbons (Fsp3) is 0.556. The van der Waals surface area contributed by atoms with Gasteiger partial charge in [-0.05, 0) is 37.4 Å². The van der Waals surface area contributed by atoms with Crippen LogP contribution >= 0.6 is 0 Å². The van der Waals surface area contributed by atoms with Gasteiger partial charge in [0.1, 0.15) is 0 Å². The van der Waals surface area contributed by atoms with Gasteiger partial charge in [-0.2, -0.15) is 0 Å². The zero-order valence-corrected chi connectivity index (χ0v) is 14.8. The molecule has 5 heteroatoms. The largest absolute Gasteiger partial charge is 0.335 e. The number of urea groups is 1. The molecule has 0 spiro atoms. The Bertz CT molecular complexity index is 512. The smallest absolute Gasteiger partial charge is 0.321 e. The molecule has 0 bridgehead atoms. The van der Waals surface area contributed by atoms with Gasteiger partial charge < -0.3 is 5.32 Å². The molecule has 1 aromatic carbocycles. The molecule has 0 unspecified atom stereocenters. The van der Waals surface area contributed by atoms with Crippen LogP contribution in [-0.2, 0) is 11.3 Å². The Morgan fingerprint density at radius 1 is 1.13 bits per heavy atom. The third kappa shape index (κ3) is 7.28. The molecule has 1 atom stereocenters. The Kier molecular flexibility index (Phi) is 7.75. The molecular weight excluding hydrogens is 290 g/mol. The van der Waals surface area contributed by atoms with Gasteiger partial charge in [-0.3, -0.25) is 15.0 Å². The topological polar surface area (TPSA) is 61.4 Å². The van der Waals surface area contributed by atoms with Gasteiger partial charge in [-0.25, -0.2) is 4.79 Å². The van der Waals surface area contributed by atoms with E-state index in [0.29, 0.717) is 12.5 Å². The fourth-order valence-electron chi connectivity index (χ4n) is 2.15. The number of carbonyl (C=O) groups is 2. The molecule has 0 fully saturated rings. The van der Waals surface area contributed by atoms with Crippen LogP contribution in [-0.4, -0.2) is 36.5 Å². The van der Waals surface area contributed by atoms with E-state index in [1.165, 1.54) is 5.56 Å². The van der Waals surface area contributed by atoms with Crippen LogP contribution in [0.2, 0.25) is 0 Å². The van der Waals surface area contributed by atoms with Crippen molar-refractivity contribution >= 4 is 11.9 Å². The van der Waals surface area contributed by atoms with Crippen molar-refractivity contribution < 1.29 is 9.59 Å². The van der Waals surface area contributed by atoms with Crippen LogP contribution in [0, 0.1) is 0 Å². The van der Waals surface area contributed by atoms with Crippen molar-refractivity contribution in [3.63, 3.8) is 0 Å². The molecule has 23 heavy (non-hydrogen) atoms. The lowest BCUT2D eigenvalue weighted by Gasteiger charge is -2.17. The maximum absolute atomic E-state index is 11.9. The molecule has 0 saturated heterocycles. The summed E-state index contributed by atoms with van der Waals surface area (Å²) in [5.74, 6) is 0.212. The van der Waals surface area contributed by atoms with Gasteiger partial charge in [-0.1, -0.05) is 45.0 Å². The van der Waals surface area contributed by atoms with E-state index in [-0.39, 0.29) is 18.5 Å². The Hall–Kier alpha value is -1.88. The zero-order chi connectivity index (χ0) is 17.4. The van der Waals surface area contributed by atoms with E-state index in [4.69, 9.17) is 0 Å². The fourth-order valence-corrected chi connectivity index (χ4v) is 2.15. The summed E-state index contributed by atoms with van der Waals surface area (Å²) < 4.78 is 0. The first kappa shape index (κ1) is 19.2. The quantitative estimate of drug-likeness (QED) is 0.812. The monoisotopic (exact) mass is 319 g/mol. The van der Waals surface area contributed by atoms with Crippen LogP contribution in [0.15, 0.2) is 24.3 Å². The summed E-state index contributed by atoms with van der Waals surface area (Å²) in [4.78, 5) is 25.3. The van der Waals surface area contributed by atoms with Gasteiger partial charge in [0.25, 0.3) is 0 Å². The van der Waals surface area contributed by atoms with E-state index in [0.717, 1.165) is 12.0 Å². The Morgan fingerprint density at radius 3 is 2.26 bits per heavy atom. The number of carbonyl (C=O) groups excluding carboxylic acids is 2. The molecule has 2 N–H and O–H groups in total. The van der Waals surface area contributed by atoms with Crippen LogP contribution in [0.25, 0.3) is 0 Å². The summed E-state index contributed by atoms with van der Waals surface area (Å²) in [5.41, 5.74) is 2.45. The molecule has 0 radical (unpaired) electrons. The van der Waals surface area contributed by atoms with Crippen LogP contribution in [0.3, 0.4) is 0 Å². The van der Waals surface area contributed by atoms with Crippen molar-refractivity contribution in [2.75, 3.05) is 13.6 Å². The molecule has 0 aliphatic heterocycles. The zero-order valence-electron chi connectivity index (χ0n) is 14.8. The van der Waals surface area contributed by atoms with Gasteiger partial charge in [0.05, 0.1) is 6.54 Å². The third-order valence-corrected chi connectivity index (χ3v) is 3.76. The molecule has 128 valence electrons. The summed E-state index contributed by atoms with van der Waals surface area (Å²) in [5, 5.41) is 5.07. The first-order chi connectivity index (χ1) is 10.8. The summed E-state index contributed by atoms with van der Waals surface area (Å²) in [6.45, 7) is 9.05. The minimum Gasteiger partial charge on any atom is -0.335 e. The van der Waals surface area contributed by atoms with E-state index in [9.17, 15) is 9.59 Å². The predicted octanol–water partition coefficient (Wildman–Crippen LogP) is 2.87. The molecule has 3 amide bonds. The lowest BCUT2D eigenvalue weighted by atomic mass is 10.0. The molecule has 5 nitrogen and oxygen atoms in total. The van der Waals surface area contributed by atoms with Gasteiger partial charge in [0.2, 0.25) is 5.91 Å². The van der Waals surface area contributed by atoms with Crippen molar-refractivity contribution in [3.8, 4) is 0 Å². The number of benzene rings is 1. The highest BCUT2D eigenvalue weighted by Crippen LogP contribution is 2.15. The highest BCUT2D eigenvalue weighted by molar-refractivity contribution is 5.95. The Balaban J connectivity index is 2.41. The standard InChI is InChI=1S/C18H29N3O2/c1-6-14(4)19-18(23)20-17(22)12-21(5)11-15-7-9-16(10-8-15)13(2)3/h7-10,13-14H,6,11-12H2,1-5H3,(H2,19,20,22,23)/t14-/m0/s1. The number of rotatable bonds is 7. The van der Waals surface area contributed by atoms with E-state index in [2.05, 4.69) is 48.7 Å².